The molecule has 2 rings (SSSR count). The van der Waals surface area contributed by atoms with E-state index in [2.05, 4.69) is 0 Å². The first-order valence-electron chi connectivity index (χ1n) is 10.1. The number of rotatable bonds is 12. The third-order valence-electron chi connectivity index (χ3n) is 5.86. The van der Waals surface area contributed by atoms with E-state index in [9.17, 15) is 0 Å². The molecule has 136 valence electrons. The molecule has 3 heteroatoms. The maximum Gasteiger partial charge on any atom is 0.0466 e. The predicted molar refractivity (Wildman–Crippen MR) is 102 cm³/mol. The van der Waals surface area contributed by atoms with Gasteiger partial charge in [0.2, 0.25) is 0 Å². The maximum absolute atomic E-state index is 6.32. The highest BCUT2D eigenvalue weighted by Crippen LogP contribution is 2.34. The Bertz CT molecular complexity index is 269. The molecule has 0 aromatic heterocycles. The lowest BCUT2D eigenvalue weighted by Gasteiger charge is -2.13. The van der Waals surface area contributed by atoms with Crippen molar-refractivity contribution in [2.75, 3.05) is 13.2 Å². The topological polar surface area (TPSA) is 9.23 Å². The summed E-state index contributed by atoms with van der Waals surface area (Å²) in [6, 6.07) is 0. The van der Waals surface area contributed by atoms with Crippen LogP contribution in [0.25, 0.3) is 0 Å². The van der Waals surface area contributed by atoms with E-state index in [-0.39, 0.29) is 0 Å². The van der Waals surface area contributed by atoms with Crippen LogP contribution < -0.4 is 0 Å². The van der Waals surface area contributed by atoms with Gasteiger partial charge >= 0.3 is 0 Å². The van der Waals surface area contributed by atoms with Crippen LogP contribution in [-0.4, -0.2) is 24.0 Å². The number of hydrogen-bond donors (Lipinski definition) is 0. The lowest BCUT2D eigenvalue weighted by Crippen LogP contribution is -2.07. The van der Waals surface area contributed by atoms with Crippen LogP contribution in [0.3, 0.4) is 0 Å². The van der Waals surface area contributed by atoms with Gasteiger partial charge in [0.05, 0.1) is 0 Å². The van der Waals surface area contributed by atoms with Crippen molar-refractivity contribution in [3.63, 3.8) is 0 Å². The zero-order chi connectivity index (χ0) is 16.3. The Morgan fingerprint density at radius 2 is 1.09 bits per heavy atom. The second kappa shape index (κ2) is 12.0. The second-order valence-electron chi connectivity index (χ2n) is 7.72. The molecule has 0 heterocycles. The molecule has 0 amide bonds. The molecular formula is C20H36Cl2O. The first kappa shape index (κ1) is 19.9. The van der Waals surface area contributed by atoms with Crippen LogP contribution in [0.5, 0.6) is 0 Å². The number of hydrogen-bond acceptors (Lipinski definition) is 1. The van der Waals surface area contributed by atoms with Crippen LogP contribution in [0.2, 0.25) is 0 Å². The summed E-state index contributed by atoms with van der Waals surface area (Å²) in [4.78, 5) is 0. The summed E-state index contributed by atoms with van der Waals surface area (Å²) >= 11 is 12.6. The van der Waals surface area contributed by atoms with Gasteiger partial charge in [-0.3, -0.25) is 0 Å². The van der Waals surface area contributed by atoms with Gasteiger partial charge in [0.15, 0.2) is 0 Å². The maximum atomic E-state index is 6.32. The summed E-state index contributed by atoms with van der Waals surface area (Å²) in [7, 11) is 0. The molecule has 1 nitrogen and oxygen atoms in total. The van der Waals surface area contributed by atoms with E-state index < -0.39 is 0 Å². The van der Waals surface area contributed by atoms with Gasteiger partial charge in [-0.15, -0.1) is 23.2 Å². The summed E-state index contributed by atoms with van der Waals surface area (Å²) in [6.45, 7) is 1.89. The normalized spacial score (nSPS) is 31.0. The highest BCUT2D eigenvalue weighted by molar-refractivity contribution is 6.21. The molecule has 0 radical (unpaired) electrons. The summed E-state index contributed by atoms with van der Waals surface area (Å²) < 4.78 is 5.77. The fourth-order valence-corrected chi connectivity index (χ4v) is 5.12. The van der Waals surface area contributed by atoms with Crippen LogP contribution in [-0.2, 0) is 4.74 Å². The lowest BCUT2D eigenvalue weighted by molar-refractivity contribution is 0.125. The van der Waals surface area contributed by atoms with E-state index >= 15 is 0 Å². The van der Waals surface area contributed by atoms with Gasteiger partial charge in [-0.25, -0.2) is 0 Å². The zero-order valence-electron chi connectivity index (χ0n) is 14.8. The van der Waals surface area contributed by atoms with Gasteiger partial charge in [0, 0.05) is 24.0 Å². The number of halogens is 2. The average Bonchev–Trinajstić information content (AvgIpc) is 3.14. The molecule has 0 aliphatic heterocycles. The van der Waals surface area contributed by atoms with Crippen molar-refractivity contribution < 1.29 is 4.74 Å². The Hall–Kier alpha value is 0.540. The van der Waals surface area contributed by atoms with Crippen molar-refractivity contribution in [3.05, 3.63) is 0 Å². The number of unbranched alkanes of at least 4 members (excludes halogenated alkanes) is 4. The van der Waals surface area contributed by atoms with Crippen LogP contribution in [0, 0.1) is 11.8 Å². The fourth-order valence-electron chi connectivity index (χ4n) is 4.31. The van der Waals surface area contributed by atoms with E-state index in [0.717, 1.165) is 25.0 Å². The predicted octanol–water partition coefficient (Wildman–Crippen LogP) is 6.94. The molecular weight excluding hydrogens is 327 g/mol. The molecule has 0 saturated heterocycles. The van der Waals surface area contributed by atoms with Gasteiger partial charge in [-0.2, -0.15) is 0 Å². The number of ether oxygens (including phenoxy) is 1. The Labute approximate surface area is 153 Å². The van der Waals surface area contributed by atoms with E-state index in [0.29, 0.717) is 10.8 Å². The molecule has 23 heavy (non-hydrogen) atoms. The summed E-state index contributed by atoms with van der Waals surface area (Å²) in [6.07, 6.45) is 18.2. The first-order chi connectivity index (χ1) is 11.3. The van der Waals surface area contributed by atoms with Gasteiger partial charge in [-0.05, 0) is 63.2 Å². The standard InChI is InChI=1S/C20H36Cl2O/c21-19-13-7-11-17(19)9-3-1-5-15-23-16-6-2-4-10-18-12-8-14-20(18)22/h17-20H,1-16H2. The first-order valence-corrected chi connectivity index (χ1v) is 11.0. The van der Waals surface area contributed by atoms with Crippen molar-refractivity contribution in [3.8, 4) is 0 Å². The molecule has 4 unspecified atom stereocenters. The largest absolute Gasteiger partial charge is 0.381 e. The Morgan fingerprint density at radius 3 is 1.48 bits per heavy atom. The van der Waals surface area contributed by atoms with E-state index in [4.69, 9.17) is 27.9 Å². The summed E-state index contributed by atoms with van der Waals surface area (Å²) in [5, 5.41) is 0.925. The van der Waals surface area contributed by atoms with Crippen molar-refractivity contribution in [2.45, 2.75) is 101 Å². The van der Waals surface area contributed by atoms with Crippen molar-refractivity contribution in [1.29, 1.82) is 0 Å². The molecule has 2 saturated carbocycles. The summed E-state index contributed by atoms with van der Waals surface area (Å²) in [5.74, 6) is 1.59. The Kier molecular flexibility index (Phi) is 10.3. The number of alkyl halides is 2. The average molecular weight is 363 g/mol. The third-order valence-corrected chi connectivity index (χ3v) is 7.01. The minimum atomic E-state index is 0.463. The molecule has 2 fully saturated rings. The van der Waals surface area contributed by atoms with Crippen LogP contribution in [0.1, 0.15) is 89.9 Å². The molecule has 2 aliphatic carbocycles. The lowest BCUT2D eigenvalue weighted by atomic mass is 9.99. The van der Waals surface area contributed by atoms with E-state index in [1.165, 1.54) is 89.9 Å². The zero-order valence-corrected chi connectivity index (χ0v) is 16.3. The minimum absolute atomic E-state index is 0.463. The molecule has 4 atom stereocenters. The highest BCUT2D eigenvalue weighted by Gasteiger charge is 2.25. The van der Waals surface area contributed by atoms with Crippen LogP contribution in [0.15, 0.2) is 0 Å². The van der Waals surface area contributed by atoms with Gasteiger partial charge in [0.25, 0.3) is 0 Å². The van der Waals surface area contributed by atoms with Gasteiger partial charge in [0.1, 0.15) is 0 Å². The molecule has 0 N–H and O–H groups in total. The summed E-state index contributed by atoms with van der Waals surface area (Å²) in [5.41, 5.74) is 0. The molecule has 2 aliphatic rings. The van der Waals surface area contributed by atoms with Crippen LogP contribution in [0.4, 0.5) is 0 Å². The van der Waals surface area contributed by atoms with Crippen molar-refractivity contribution >= 4 is 23.2 Å². The molecule has 0 bridgehead atoms. The SMILES string of the molecule is ClC1CCCC1CCCCCOCCCCCC1CCCC1Cl. The molecule has 0 aromatic rings. The second-order valence-corrected chi connectivity index (χ2v) is 8.85. The monoisotopic (exact) mass is 362 g/mol. The quantitative estimate of drug-likeness (QED) is 0.270. The van der Waals surface area contributed by atoms with Crippen LogP contribution >= 0.6 is 23.2 Å². The van der Waals surface area contributed by atoms with Gasteiger partial charge < -0.3 is 4.74 Å². The highest BCUT2D eigenvalue weighted by atomic mass is 35.5. The van der Waals surface area contributed by atoms with Gasteiger partial charge in [-0.1, -0.05) is 38.5 Å². The van der Waals surface area contributed by atoms with E-state index in [1.54, 1.807) is 0 Å². The molecule has 0 spiro atoms. The Balaban J connectivity index is 1.29. The molecule has 0 aromatic carbocycles. The third kappa shape index (κ3) is 7.97. The van der Waals surface area contributed by atoms with Crippen molar-refractivity contribution in [2.24, 2.45) is 11.8 Å². The van der Waals surface area contributed by atoms with Crippen molar-refractivity contribution in [1.82, 2.24) is 0 Å². The minimum Gasteiger partial charge on any atom is -0.381 e. The Morgan fingerprint density at radius 1 is 0.609 bits per heavy atom. The smallest absolute Gasteiger partial charge is 0.0466 e. The van der Waals surface area contributed by atoms with E-state index in [1.807, 2.05) is 0 Å². The fraction of sp³-hybridized carbons (Fsp3) is 1.00.